The van der Waals surface area contributed by atoms with Crippen molar-refractivity contribution < 1.29 is 4.74 Å². The number of likely N-dealkylation sites (tertiary alicyclic amines) is 1. The number of morpholine rings is 1. The van der Waals surface area contributed by atoms with Crippen LogP contribution < -0.4 is 0 Å². The summed E-state index contributed by atoms with van der Waals surface area (Å²) in [6.45, 7) is 7.59. The lowest BCUT2D eigenvalue weighted by Crippen LogP contribution is -2.60. The molecule has 1 aromatic carbocycles. The minimum absolute atomic E-state index is 0.766. The molecule has 0 aromatic heterocycles. The molecule has 2 heterocycles. The summed E-state index contributed by atoms with van der Waals surface area (Å²) in [5.41, 5.74) is 1.42. The van der Waals surface area contributed by atoms with Gasteiger partial charge >= 0.3 is 0 Å². The Morgan fingerprint density at radius 2 is 1.76 bits per heavy atom. The summed E-state index contributed by atoms with van der Waals surface area (Å²) < 4.78 is 5.39. The zero-order chi connectivity index (χ0) is 11.5. The molecule has 0 spiro atoms. The first-order valence-corrected chi connectivity index (χ1v) is 6.50. The Balaban J connectivity index is 1.45. The molecule has 92 valence electrons. The van der Waals surface area contributed by atoms with E-state index in [9.17, 15) is 0 Å². The van der Waals surface area contributed by atoms with Gasteiger partial charge in [-0.2, -0.15) is 0 Å². The van der Waals surface area contributed by atoms with Crippen molar-refractivity contribution >= 4 is 0 Å². The first-order chi connectivity index (χ1) is 8.42. The molecule has 0 radical (unpaired) electrons. The number of ether oxygens (including phenoxy) is 1. The van der Waals surface area contributed by atoms with E-state index in [4.69, 9.17) is 4.74 Å². The van der Waals surface area contributed by atoms with Crippen LogP contribution in [0.5, 0.6) is 0 Å². The van der Waals surface area contributed by atoms with E-state index in [2.05, 4.69) is 40.1 Å². The van der Waals surface area contributed by atoms with E-state index in [0.29, 0.717) is 0 Å². The lowest BCUT2D eigenvalue weighted by molar-refractivity contribution is -0.0344. The van der Waals surface area contributed by atoms with Gasteiger partial charge in [0.1, 0.15) is 0 Å². The molecule has 2 aliphatic rings. The number of benzene rings is 1. The molecular weight excluding hydrogens is 212 g/mol. The molecule has 3 heteroatoms. The second kappa shape index (κ2) is 5.17. The van der Waals surface area contributed by atoms with E-state index in [1.165, 1.54) is 18.7 Å². The van der Waals surface area contributed by atoms with Gasteiger partial charge in [-0.3, -0.25) is 9.80 Å². The lowest BCUT2D eigenvalue weighted by atomic mass is 10.1. The molecule has 0 N–H and O–H groups in total. The molecule has 0 saturated carbocycles. The zero-order valence-electron chi connectivity index (χ0n) is 10.2. The predicted octanol–water partition coefficient (Wildman–Crippen LogP) is 1.20. The van der Waals surface area contributed by atoms with Gasteiger partial charge in [0.15, 0.2) is 0 Å². The summed E-state index contributed by atoms with van der Waals surface area (Å²) in [5, 5.41) is 0. The maximum absolute atomic E-state index is 5.39. The first kappa shape index (κ1) is 11.2. The molecule has 0 amide bonds. The molecule has 1 aromatic rings. The molecule has 0 aliphatic carbocycles. The fraction of sp³-hybridized carbons (Fsp3) is 0.571. The van der Waals surface area contributed by atoms with Crippen LogP contribution in [0, 0.1) is 0 Å². The molecule has 17 heavy (non-hydrogen) atoms. The Morgan fingerprint density at radius 1 is 1.06 bits per heavy atom. The number of hydrogen-bond donors (Lipinski definition) is 0. The van der Waals surface area contributed by atoms with Gasteiger partial charge in [-0.05, 0) is 5.56 Å². The van der Waals surface area contributed by atoms with Gasteiger partial charge in [0.2, 0.25) is 0 Å². The normalized spacial score (nSPS) is 23.5. The maximum atomic E-state index is 5.39. The predicted molar refractivity (Wildman–Crippen MR) is 67.9 cm³/mol. The summed E-state index contributed by atoms with van der Waals surface area (Å²) in [7, 11) is 0. The largest absolute Gasteiger partial charge is 0.379 e. The fourth-order valence-electron chi connectivity index (χ4n) is 2.69. The highest BCUT2D eigenvalue weighted by molar-refractivity contribution is 5.15. The second-order valence-electron chi connectivity index (χ2n) is 4.98. The third kappa shape index (κ3) is 2.68. The van der Waals surface area contributed by atoms with Crippen LogP contribution in [-0.4, -0.2) is 55.2 Å². The van der Waals surface area contributed by atoms with Crippen molar-refractivity contribution in [2.75, 3.05) is 39.4 Å². The van der Waals surface area contributed by atoms with Crippen LogP contribution in [0.15, 0.2) is 30.3 Å². The molecule has 0 bridgehead atoms. The third-order valence-corrected chi connectivity index (χ3v) is 3.75. The van der Waals surface area contributed by atoms with Gasteiger partial charge < -0.3 is 4.74 Å². The molecule has 3 rings (SSSR count). The van der Waals surface area contributed by atoms with Crippen LogP contribution in [-0.2, 0) is 11.3 Å². The van der Waals surface area contributed by atoms with Crippen molar-refractivity contribution in [1.29, 1.82) is 0 Å². The second-order valence-corrected chi connectivity index (χ2v) is 4.98. The van der Waals surface area contributed by atoms with Crippen molar-refractivity contribution in [2.45, 2.75) is 12.6 Å². The molecule has 2 fully saturated rings. The van der Waals surface area contributed by atoms with Crippen molar-refractivity contribution in [2.24, 2.45) is 0 Å². The van der Waals surface area contributed by atoms with Crippen LogP contribution in [0.3, 0.4) is 0 Å². The Kier molecular flexibility index (Phi) is 3.41. The third-order valence-electron chi connectivity index (χ3n) is 3.75. The van der Waals surface area contributed by atoms with Gasteiger partial charge in [0.25, 0.3) is 0 Å². The van der Waals surface area contributed by atoms with E-state index in [1.54, 1.807) is 0 Å². The Bertz CT molecular complexity index is 342. The molecule has 2 saturated heterocycles. The average molecular weight is 232 g/mol. The summed E-state index contributed by atoms with van der Waals surface area (Å²) in [6, 6.07) is 11.5. The Morgan fingerprint density at radius 3 is 2.47 bits per heavy atom. The van der Waals surface area contributed by atoms with E-state index < -0.39 is 0 Å². The van der Waals surface area contributed by atoms with E-state index in [0.717, 1.165) is 38.9 Å². The van der Waals surface area contributed by atoms with Crippen molar-refractivity contribution in [3.63, 3.8) is 0 Å². The summed E-state index contributed by atoms with van der Waals surface area (Å²) >= 11 is 0. The van der Waals surface area contributed by atoms with Crippen LogP contribution in [0.25, 0.3) is 0 Å². The van der Waals surface area contributed by atoms with Crippen molar-refractivity contribution in [1.82, 2.24) is 9.80 Å². The van der Waals surface area contributed by atoms with Crippen LogP contribution in [0.2, 0.25) is 0 Å². The minimum atomic E-state index is 0.766. The first-order valence-electron chi connectivity index (χ1n) is 6.50. The van der Waals surface area contributed by atoms with Crippen molar-refractivity contribution in [3.8, 4) is 0 Å². The van der Waals surface area contributed by atoms with Gasteiger partial charge in [-0.1, -0.05) is 30.3 Å². The van der Waals surface area contributed by atoms with Crippen LogP contribution >= 0.6 is 0 Å². The Hall–Kier alpha value is -0.900. The summed E-state index contributed by atoms with van der Waals surface area (Å²) in [6.07, 6.45) is 0. The smallest absolute Gasteiger partial charge is 0.0594 e. The van der Waals surface area contributed by atoms with Crippen LogP contribution in [0.1, 0.15) is 5.56 Å². The van der Waals surface area contributed by atoms with E-state index in [1.807, 2.05) is 0 Å². The quantitative estimate of drug-likeness (QED) is 0.779. The van der Waals surface area contributed by atoms with Gasteiger partial charge in [-0.15, -0.1) is 0 Å². The number of rotatable bonds is 3. The van der Waals surface area contributed by atoms with Crippen molar-refractivity contribution in [3.05, 3.63) is 35.9 Å². The van der Waals surface area contributed by atoms with E-state index >= 15 is 0 Å². The lowest BCUT2D eigenvalue weighted by Gasteiger charge is -2.46. The maximum Gasteiger partial charge on any atom is 0.0594 e. The number of hydrogen-bond acceptors (Lipinski definition) is 3. The van der Waals surface area contributed by atoms with Gasteiger partial charge in [0, 0.05) is 38.8 Å². The number of nitrogens with zero attached hydrogens (tertiary/aromatic N) is 2. The standard InChI is InChI=1S/C14H20N2O/c1-2-4-13(5-3-1)10-15-11-14(12-15)16-6-8-17-9-7-16/h1-5,14H,6-12H2. The summed E-state index contributed by atoms with van der Waals surface area (Å²) in [5.74, 6) is 0. The zero-order valence-corrected chi connectivity index (χ0v) is 10.2. The molecular formula is C14H20N2O. The SMILES string of the molecule is c1ccc(CN2CC(N3CCOCC3)C2)cc1. The highest BCUT2D eigenvalue weighted by Crippen LogP contribution is 2.18. The molecule has 2 aliphatic heterocycles. The minimum Gasteiger partial charge on any atom is -0.379 e. The average Bonchev–Trinajstić information content (AvgIpc) is 2.36. The highest BCUT2D eigenvalue weighted by Gasteiger charge is 2.32. The van der Waals surface area contributed by atoms with Gasteiger partial charge in [-0.25, -0.2) is 0 Å². The molecule has 0 unspecified atom stereocenters. The van der Waals surface area contributed by atoms with Gasteiger partial charge in [0.05, 0.1) is 13.2 Å². The fourth-order valence-corrected chi connectivity index (χ4v) is 2.69. The highest BCUT2D eigenvalue weighted by atomic mass is 16.5. The molecule has 3 nitrogen and oxygen atoms in total. The van der Waals surface area contributed by atoms with Crippen LogP contribution in [0.4, 0.5) is 0 Å². The summed E-state index contributed by atoms with van der Waals surface area (Å²) in [4.78, 5) is 5.10. The molecule has 0 atom stereocenters. The van der Waals surface area contributed by atoms with E-state index in [-0.39, 0.29) is 0 Å². The topological polar surface area (TPSA) is 15.7 Å². The monoisotopic (exact) mass is 232 g/mol. The Labute approximate surface area is 103 Å².